The van der Waals surface area contributed by atoms with Crippen LogP contribution in [-0.2, 0) is 9.47 Å². The zero-order valence-electron chi connectivity index (χ0n) is 9.96. The molecule has 4 nitrogen and oxygen atoms in total. The Morgan fingerprint density at radius 1 is 1.41 bits per heavy atom. The first-order valence-corrected chi connectivity index (χ1v) is 5.28. The standard InChI is InChI=1S/C12H16FNO3/c1-8-10(13)6-9(7-11(8)14)12(15)17-5-3-4-16-2/h6-7H,3-5,14H2,1-2H3. The summed E-state index contributed by atoms with van der Waals surface area (Å²) in [4.78, 5) is 11.5. The summed E-state index contributed by atoms with van der Waals surface area (Å²) in [6.07, 6.45) is 0.603. The number of benzene rings is 1. The van der Waals surface area contributed by atoms with Gasteiger partial charge in [0.05, 0.1) is 12.2 Å². The molecule has 0 saturated carbocycles. The first-order chi connectivity index (χ1) is 8.06. The van der Waals surface area contributed by atoms with E-state index in [2.05, 4.69) is 0 Å². The first kappa shape index (κ1) is 13.4. The molecule has 94 valence electrons. The number of carbonyl (C=O) groups excluding carboxylic acids is 1. The topological polar surface area (TPSA) is 61.5 Å². The number of esters is 1. The second kappa shape index (κ2) is 6.20. The number of nitrogens with two attached hydrogens (primary N) is 1. The van der Waals surface area contributed by atoms with Gasteiger partial charge in [-0.15, -0.1) is 0 Å². The molecule has 1 rings (SSSR count). The van der Waals surface area contributed by atoms with Crippen LogP contribution in [0.2, 0.25) is 0 Å². The SMILES string of the molecule is COCCCOC(=O)c1cc(N)c(C)c(F)c1. The van der Waals surface area contributed by atoms with Gasteiger partial charge in [0.2, 0.25) is 0 Å². The number of anilines is 1. The third-order valence-electron chi connectivity index (χ3n) is 2.35. The van der Waals surface area contributed by atoms with Gasteiger partial charge in [0.15, 0.2) is 0 Å². The molecule has 5 heteroatoms. The number of halogens is 1. The van der Waals surface area contributed by atoms with Crippen LogP contribution in [0.15, 0.2) is 12.1 Å². The summed E-state index contributed by atoms with van der Waals surface area (Å²) in [5.41, 5.74) is 6.27. The number of nitrogen functional groups attached to an aromatic ring is 1. The minimum atomic E-state index is -0.577. The molecule has 0 atom stereocenters. The quantitative estimate of drug-likeness (QED) is 0.486. The Kier molecular flexibility index (Phi) is 4.90. The zero-order valence-corrected chi connectivity index (χ0v) is 9.96. The summed E-state index contributed by atoms with van der Waals surface area (Å²) in [7, 11) is 1.57. The Labute approximate surface area is 99.5 Å². The van der Waals surface area contributed by atoms with Gasteiger partial charge in [-0.2, -0.15) is 0 Å². The van der Waals surface area contributed by atoms with Crippen molar-refractivity contribution in [3.8, 4) is 0 Å². The molecule has 0 fully saturated rings. The van der Waals surface area contributed by atoms with Crippen molar-refractivity contribution >= 4 is 11.7 Å². The van der Waals surface area contributed by atoms with E-state index in [4.69, 9.17) is 15.2 Å². The van der Waals surface area contributed by atoms with E-state index >= 15 is 0 Å². The normalized spacial score (nSPS) is 10.3. The fourth-order valence-corrected chi connectivity index (χ4v) is 1.27. The summed E-state index contributed by atoms with van der Waals surface area (Å²) in [5.74, 6) is -1.08. The lowest BCUT2D eigenvalue weighted by atomic mass is 10.1. The van der Waals surface area contributed by atoms with E-state index in [1.54, 1.807) is 14.0 Å². The van der Waals surface area contributed by atoms with Gasteiger partial charge >= 0.3 is 5.97 Å². The Morgan fingerprint density at radius 2 is 2.12 bits per heavy atom. The Hall–Kier alpha value is -1.62. The number of carbonyl (C=O) groups is 1. The van der Waals surface area contributed by atoms with Crippen LogP contribution < -0.4 is 5.73 Å². The zero-order chi connectivity index (χ0) is 12.8. The second-order valence-electron chi connectivity index (χ2n) is 3.65. The van der Waals surface area contributed by atoms with E-state index in [1.807, 2.05) is 0 Å². The first-order valence-electron chi connectivity index (χ1n) is 5.28. The highest BCUT2D eigenvalue weighted by molar-refractivity contribution is 5.90. The van der Waals surface area contributed by atoms with Crippen LogP contribution in [0.1, 0.15) is 22.3 Å². The predicted octanol–water partition coefficient (Wildman–Crippen LogP) is 1.91. The highest BCUT2D eigenvalue weighted by Gasteiger charge is 2.12. The van der Waals surface area contributed by atoms with Crippen LogP contribution >= 0.6 is 0 Å². The van der Waals surface area contributed by atoms with E-state index in [0.717, 1.165) is 6.07 Å². The molecule has 0 heterocycles. The number of hydrogen-bond acceptors (Lipinski definition) is 4. The summed E-state index contributed by atoms with van der Waals surface area (Å²) >= 11 is 0. The van der Waals surface area contributed by atoms with Gasteiger partial charge < -0.3 is 15.2 Å². The van der Waals surface area contributed by atoms with Crippen molar-refractivity contribution in [2.24, 2.45) is 0 Å². The molecule has 0 amide bonds. The maximum absolute atomic E-state index is 13.3. The summed E-state index contributed by atoms with van der Waals surface area (Å²) in [5, 5.41) is 0. The summed E-state index contributed by atoms with van der Waals surface area (Å²) in [6.45, 7) is 2.30. The molecular formula is C12H16FNO3. The van der Waals surface area contributed by atoms with Gasteiger partial charge in [0.1, 0.15) is 5.82 Å². The molecule has 0 unspecified atom stereocenters. The van der Waals surface area contributed by atoms with Gasteiger partial charge in [0.25, 0.3) is 0 Å². The molecule has 0 bridgehead atoms. The molecular weight excluding hydrogens is 225 g/mol. The number of ether oxygens (including phenoxy) is 2. The van der Waals surface area contributed by atoms with Crippen molar-refractivity contribution in [3.05, 3.63) is 29.1 Å². The van der Waals surface area contributed by atoms with Crippen LogP contribution in [0.25, 0.3) is 0 Å². The molecule has 1 aromatic carbocycles. The lowest BCUT2D eigenvalue weighted by molar-refractivity contribution is 0.0468. The van der Waals surface area contributed by atoms with Crippen LogP contribution in [-0.4, -0.2) is 26.3 Å². The lowest BCUT2D eigenvalue weighted by Crippen LogP contribution is -2.09. The number of rotatable bonds is 5. The molecule has 0 aliphatic carbocycles. The molecule has 0 radical (unpaired) electrons. The fraction of sp³-hybridized carbons (Fsp3) is 0.417. The van der Waals surface area contributed by atoms with Crippen molar-refractivity contribution in [1.82, 2.24) is 0 Å². The van der Waals surface area contributed by atoms with Crippen LogP contribution in [0, 0.1) is 12.7 Å². The van der Waals surface area contributed by atoms with Gasteiger partial charge in [-0.25, -0.2) is 9.18 Å². The maximum atomic E-state index is 13.3. The smallest absolute Gasteiger partial charge is 0.338 e. The van der Waals surface area contributed by atoms with Crippen molar-refractivity contribution in [2.45, 2.75) is 13.3 Å². The van der Waals surface area contributed by atoms with E-state index < -0.39 is 11.8 Å². The lowest BCUT2D eigenvalue weighted by Gasteiger charge is -2.07. The van der Waals surface area contributed by atoms with E-state index in [1.165, 1.54) is 6.07 Å². The Balaban J connectivity index is 2.63. The Morgan fingerprint density at radius 3 is 2.71 bits per heavy atom. The summed E-state index contributed by atoms with van der Waals surface area (Å²) < 4.78 is 23.1. The minimum absolute atomic E-state index is 0.128. The van der Waals surface area contributed by atoms with Crippen molar-refractivity contribution in [3.63, 3.8) is 0 Å². The average Bonchev–Trinajstić information content (AvgIpc) is 2.30. The second-order valence-corrected chi connectivity index (χ2v) is 3.65. The van der Waals surface area contributed by atoms with E-state index in [0.29, 0.717) is 18.6 Å². The molecule has 0 aliphatic heterocycles. The van der Waals surface area contributed by atoms with Crippen LogP contribution in [0.4, 0.5) is 10.1 Å². The van der Waals surface area contributed by atoms with Gasteiger partial charge in [-0.05, 0) is 19.1 Å². The van der Waals surface area contributed by atoms with Crippen LogP contribution in [0.3, 0.4) is 0 Å². The fourth-order valence-electron chi connectivity index (χ4n) is 1.27. The molecule has 0 saturated heterocycles. The van der Waals surface area contributed by atoms with Crippen LogP contribution in [0.5, 0.6) is 0 Å². The average molecular weight is 241 g/mol. The van der Waals surface area contributed by atoms with Gasteiger partial charge in [-0.1, -0.05) is 0 Å². The third-order valence-corrected chi connectivity index (χ3v) is 2.35. The highest BCUT2D eigenvalue weighted by atomic mass is 19.1. The molecule has 1 aromatic rings. The third kappa shape index (κ3) is 3.71. The maximum Gasteiger partial charge on any atom is 0.338 e. The van der Waals surface area contributed by atoms with E-state index in [9.17, 15) is 9.18 Å². The molecule has 0 spiro atoms. The molecule has 17 heavy (non-hydrogen) atoms. The van der Waals surface area contributed by atoms with Crippen molar-refractivity contribution in [2.75, 3.05) is 26.1 Å². The molecule has 0 aliphatic rings. The monoisotopic (exact) mass is 241 g/mol. The van der Waals surface area contributed by atoms with E-state index in [-0.39, 0.29) is 17.9 Å². The Bertz CT molecular complexity index is 384. The minimum Gasteiger partial charge on any atom is -0.462 e. The highest BCUT2D eigenvalue weighted by Crippen LogP contribution is 2.18. The number of methoxy groups -OCH3 is 1. The van der Waals surface area contributed by atoms with Crippen molar-refractivity contribution in [1.29, 1.82) is 0 Å². The summed E-state index contributed by atoms with van der Waals surface area (Å²) in [6, 6.07) is 2.54. The van der Waals surface area contributed by atoms with Gasteiger partial charge in [-0.3, -0.25) is 0 Å². The number of hydrogen-bond donors (Lipinski definition) is 1. The largest absolute Gasteiger partial charge is 0.462 e. The van der Waals surface area contributed by atoms with Crippen molar-refractivity contribution < 1.29 is 18.7 Å². The van der Waals surface area contributed by atoms with Gasteiger partial charge in [0, 0.05) is 31.4 Å². The molecule has 0 aromatic heterocycles. The molecule has 2 N–H and O–H groups in total. The predicted molar refractivity (Wildman–Crippen MR) is 62.3 cm³/mol.